The third kappa shape index (κ3) is 2.31. The molecule has 1 N–H and O–H groups in total. The molecule has 7 nitrogen and oxygen atoms in total. The maximum absolute atomic E-state index is 12.2. The Labute approximate surface area is 122 Å². The van der Waals surface area contributed by atoms with Gasteiger partial charge in [0.1, 0.15) is 5.69 Å². The maximum atomic E-state index is 12.2. The molecule has 1 aliphatic rings. The zero-order chi connectivity index (χ0) is 15.0. The summed E-state index contributed by atoms with van der Waals surface area (Å²) in [6.07, 6.45) is 5.18. The number of likely N-dealkylation sites (N-methyl/N-ethyl adjacent to an activating group) is 1. The van der Waals surface area contributed by atoms with Crippen LogP contribution in [-0.2, 0) is 13.6 Å². The van der Waals surface area contributed by atoms with Crippen molar-refractivity contribution in [1.82, 2.24) is 24.3 Å². The predicted octanol–water partition coefficient (Wildman–Crippen LogP) is 0.106. The van der Waals surface area contributed by atoms with Crippen molar-refractivity contribution in [2.75, 3.05) is 13.6 Å². The van der Waals surface area contributed by atoms with E-state index in [9.17, 15) is 9.59 Å². The average Bonchev–Trinajstić information content (AvgIpc) is 3.09. The molecule has 2 aromatic heterocycles. The number of nitrogens with zero attached hydrogens (tertiary/aromatic N) is 4. The number of aryl methyl sites for hydroxylation is 1. The van der Waals surface area contributed by atoms with Gasteiger partial charge in [-0.15, -0.1) is 0 Å². The van der Waals surface area contributed by atoms with Gasteiger partial charge in [0.05, 0.1) is 6.04 Å². The van der Waals surface area contributed by atoms with Gasteiger partial charge in [-0.1, -0.05) is 0 Å². The van der Waals surface area contributed by atoms with E-state index in [1.165, 1.54) is 0 Å². The third-order valence-electron chi connectivity index (χ3n) is 3.85. The monoisotopic (exact) mass is 287 g/mol. The van der Waals surface area contributed by atoms with Crippen molar-refractivity contribution in [3.63, 3.8) is 0 Å². The van der Waals surface area contributed by atoms with Crippen molar-refractivity contribution in [3.8, 4) is 0 Å². The second-order valence-electron chi connectivity index (χ2n) is 5.19. The number of fused-ring (bicyclic) bond motifs is 1. The average molecular weight is 287 g/mol. The molecule has 0 bridgehead atoms. The van der Waals surface area contributed by atoms with Crippen molar-refractivity contribution in [2.24, 2.45) is 7.05 Å². The molecule has 110 valence electrons. The fourth-order valence-corrected chi connectivity index (χ4v) is 2.54. The fraction of sp³-hybridized carbons (Fsp3) is 0.357. The van der Waals surface area contributed by atoms with Gasteiger partial charge in [-0.25, -0.2) is 4.98 Å². The van der Waals surface area contributed by atoms with Crippen LogP contribution in [0.3, 0.4) is 0 Å². The molecular formula is C14H17N5O2. The number of carbonyl (C=O) groups is 2. The zero-order valence-electron chi connectivity index (χ0n) is 12.0. The van der Waals surface area contributed by atoms with Crippen LogP contribution < -0.4 is 5.32 Å². The molecule has 0 unspecified atom stereocenters. The number of nitrogens with one attached hydrogen (secondary N) is 1. The molecule has 2 aromatic rings. The van der Waals surface area contributed by atoms with Gasteiger partial charge in [0.25, 0.3) is 11.8 Å². The summed E-state index contributed by atoms with van der Waals surface area (Å²) < 4.78 is 3.58. The molecule has 0 fully saturated rings. The largest absolute Gasteiger partial charge is 0.347 e. The fourth-order valence-electron chi connectivity index (χ4n) is 2.54. The standard InChI is InChI=1S/C14H17N5O2/c1-17-7-5-15-12(17)13(20)16-8-10-9-19-6-3-4-11(19)14(21)18(10)2/h3-7,10H,8-9H2,1-2H3,(H,16,20)/t10-/m0/s1. The first-order chi connectivity index (χ1) is 10.1. The van der Waals surface area contributed by atoms with Gasteiger partial charge in [0.15, 0.2) is 5.82 Å². The molecule has 21 heavy (non-hydrogen) atoms. The van der Waals surface area contributed by atoms with Gasteiger partial charge in [0, 0.05) is 45.8 Å². The molecule has 3 rings (SSSR count). The lowest BCUT2D eigenvalue weighted by Gasteiger charge is -2.33. The summed E-state index contributed by atoms with van der Waals surface area (Å²) in [6, 6.07) is 3.60. The van der Waals surface area contributed by atoms with Gasteiger partial charge in [-0.3, -0.25) is 9.59 Å². The molecule has 1 atom stereocenters. The van der Waals surface area contributed by atoms with Crippen molar-refractivity contribution < 1.29 is 9.59 Å². The van der Waals surface area contributed by atoms with Crippen molar-refractivity contribution >= 4 is 11.8 Å². The van der Waals surface area contributed by atoms with Crippen LogP contribution in [0.4, 0.5) is 0 Å². The molecule has 0 aromatic carbocycles. The van der Waals surface area contributed by atoms with E-state index in [-0.39, 0.29) is 17.9 Å². The Morgan fingerprint density at radius 2 is 2.24 bits per heavy atom. The molecule has 7 heteroatoms. The van der Waals surface area contributed by atoms with E-state index in [1.54, 1.807) is 36.0 Å². The van der Waals surface area contributed by atoms with Crippen LogP contribution in [0.25, 0.3) is 0 Å². The Morgan fingerprint density at radius 3 is 2.95 bits per heavy atom. The Hall–Kier alpha value is -2.57. The van der Waals surface area contributed by atoms with E-state index in [0.29, 0.717) is 24.6 Å². The predicted molar refractivity (Wildman–Crippen MR) is 75.9 cm³/mol. The lowest BCUT2D eigenvalue weighted by molar-refractivity contribution is 0.0644. The topological polar surface area (TPSA) is 72.2 Å². The Morgan fingerprint density at radius 1 is 1.43 bits per heavy atom. The molecule has 1 aliphatic heterocycles. The Balaban J connectivity index is 1.68. The van der Waals surface area contributed by atoms with E-state index < -0.39 is 0 Å². The highest BCUT2D eigenvalue weighted by Crippen LogP contribution is 2.16. The number of aromatic nitrogens is 3. The van der Waals surface area contributed by atoms with E-state index >= 15 is 0 Å². The van der Waals surface area contributed by atoms with Crippen LogP contribution in [0, 0.1) is 0 Å². The minimum Gasteiger partial charge on any atom is -0.347 e. The van der Waals surface area contributed by atoms with Crippen LogP contribution in [0.1, 0.15) is 21.1 Å². The van der Waals surface area contributed by atoms with Crippen LogP contribution >= 0.6 is 0 Å². The van der Waals surface area contributed by atoms with Crippen LogP contribution in [0.15, 0.2) is 30.7 Å². The Kier molecular flexibility index (Phi) is 3.25. The van der Waals surface area contributed by atoms with Gasteiger partial charge >= 0.3 is 0 Å². The maximum Gasteiger partial charge on any atom is 0.287 e. The highest BCUT2D eigenvalue weighted by atomic mass is 16.2. The molecule has 0 saturated heterocycles. The van der Waals surface area contributed by atoms with Gasteiger partial charge in [0.2, 0.25) is 0 Å². The zero-order valence-corrected chi connectivity index (χ0v) is 12.0. The number of hydrogen-bond donors (Lipinski definition) is 1. The number of carbonyl (C=O) groups excluding carboxylic acids is 2. The molecule has 2 amide bonds. The SMILES string of the molecule is CN1C(=O)c2cccn2C[C@@H]1CNC(=O)c1nccn1C. The summed E-state index contributed by atoms with van der Waals surface area (Å²) in [4.78, 5) is 29.9. The summed E-state index contributed by atoms with van der Waals surface area (Å²) in [6.45, 7) is 1.07. The molecule has 0 saturated carbocycles. The van der Waals surface area contributed by atoms with Crippen LogP contribution in [0.2, 0.25) is 0 Å². The van der Waals surface area contributed by atoms with E-state index in [0.717, 1.165) is 0 Å². The second-order valence-corrected chi connectivity index (χ2v) is 5.19. The van der Waals surface area contributed by atoms with E-state index in [1.807, 2.05) is 22.9 Å². The smallest absolute Gasteiger partial charge is 0.287 e. The second kappa shape index (κ2) is 5.08. The minimum atomic E-state index is -0.235. The first-order valence-electron chi connectivity index (χ1n) is 6.75. The summed E-state index contributed by atoms with van der Waals surface area (Å²) in [7, 11) is 3.53. The number of imidazole rings is 1. The molecule has 0 spiro atoms. The van der Waals surface area contributed by atoms with E-state index in [2.05, 4.69) is 10.3 Å². The highest BCUT2D eigenvalue weighted by Gasteiger charge is 2.29. The highest BCUT2D eigenvalue weighted by molar-refractivity contribution is 5.94. The quantitative estimate of drug-likeness (QED) is 0.870. The van der Waals surface area contributed by atoms with Crippen LogP contribution in [0.5, 0.6) is 0 Å². The normalized spacial score (nSPS) is 17.7. The summed E-state index contributed by atoms with van der Waals surface area (Å²) in [5.74, 6) is 0.102. The summed E-state index contributed by atoms with van der Waals surface area (Å²) >= 11 is 0. The minimum absolute atomic E-state index is 0.0255. The number of amides is 2. The number of hydrogen-bond acceptors (Lipinski definition) is 3. The first kappa shape index (κ1) is 13.4. The van der Waals surface area contributed by atoms with Crippen molar-refractivity contribution in [2.45, 2.75) is 12.6 Å². The molecule has 0 aliphatic carbocycles. The van der Waals surface area contributed by atoms with E-state index in [4.69, 9.17) is 0 Å². The summed E-state index contributed by atoms with van der Waals surface area (Å²) in [5, 5.41) is 2.84. The Bertz CT molecular complexity index is 687. The first-order valence-corrected chi connectivity index (χ1v) is 6.75. The lowest BCUT2D eigenvalue weighted by atomic mass is 10.1. The summed E-state index contributed by atoms with van der Waals surface area (Å²) in [5.41, 5.74) is 0.684. The van der Waals surface area contributed by atoms with Gasteiger partial charge in [-0.2, -0.15) is 0 Å². The van der Waals surface area contributed by atoms with Crippen molar-refractivity contribution in [1.29, 1.82) is 0 Å². The number of rotatable bonds is 3. The molecule has 3 heterocycles. The third-order valence-corrected chi connectivity index (χ3v) is 3.85. The van der Waals surface area contributed by atoms with Crippen LogP contribution in [-0.4, -0.2) is 50.5 Å². The molecule has 0 radical (unpaired) electrons. The van der Waals surface area contributed by atoms with Crippen molar-refractivity contribution in [3.05, 3.63) is 42.2 Å². The van der Waals surface area contributed by atoms with Gasteiger partial charge in [-0.05, 0) is 12.1 Å². The lowest BCUT2D eigenvalue weighted by Crippen LogP contribution is -2.51. The van der Waals surface area contributed by atoms with Gasteiger partial charge < -0.3 is 19.4 Å². The molecular weight excluding hydrogens is 270 g/mol.